The summed E-state index contributed by atoms with van der Waals surface area (Å²) in [5.41, 5.74) is 3.72. The molecule has 1 N–H and O–H groups in total. The van der Waals surface area contributed by atoms with Crippen LogP contribution >= 0.6 is 11.6 Å². The normalized spacial score (nSPS) is 12.3. The van der Waals surface area contributed by atoms with E-state index in [1.54, 1.807) is 24.3 Å². The van der Waals surface area contributed by atoms with Crippen molar-refractivity contribution < 1.29 is 19.1 Å². The van der Waals surface area contributed by atoms with Crippen LogP contribution in [0, 0.1) is 0 Å². The summed E-state index contributed by atoms with van der Waals surface area (Å²) in [4.78, 5) is 35.8. The molecule has 1 amide bonds. The predicted octanol–water partition coefficient (Wildman–Crippen LogP) is 3.97. The monoisotopic (exact) mass is 385 g/mol. The summed E-state index contributed by atoms with van der Waals surface area (Å²) in [6.45, 7) is -0.394. The van der Waals surface area contributed by atoms with Crippen molar-refractivity contribution in [3.63, 3.8) is 0 Å². The van der Waals surface area contributed by atoms with Crippen LogP contribution < -0.4 is 5.32 Å². The Labute approximate surface area is 162 Å². The molecule has 0 saturated carbocycles. The van der Waals surface area contributed by atoms with Gasteiger partial charge in [-0.15, -0.1) is 0 Å². The van der Waals surface area contributed by atoms with Gasteiger partial charge in [0.2, 0.25) is 0 Å². The molecule has 0 bridgehead atoms. The fraction of sp³-hybridized carbons (Fsp3) is 0.286. The highest BCUT2D eigenvalue weighted by Crippen LogP contribution is 2.23. The van der Waals surface area contributed by atoms with E-state index in [2.05, 4.69) is 5.32 Å². The molecule has 6 heteroatoms. The SMILES string of the molecule is O=C(COC(=O)CCC(=O)c1ccc2c(c1)CCC2)Nc1ccc(Cl)cc1. The first-order valence-corrected chi connectivity index (χ1v) is 9.25. The van der Waals surface area contributed by atoms with Crippen LogP contribution in [-0.2, 0) is 27.2 Å². The minimum absolute atomic E-state index is 0.0514. The molecule has 1 aliphatic rings. The highest BCUT2D eigenvalue weighted by Gasteiger charge is 2.15. The third-order valence-electron chi connectivity index (χ3n) is 4.47. The number of Topliss-reactive ketones (excluding diaryl/α,β-unsaturated/α-hetero) is 1. The molecular formula is C21H20ClNO4. The Bertz CT molecular complexity index is 861. The van der Waals surface area contributed by atoms with Crippen molar-refractivity contribution in [2.24, 2.45) is 0 Å². The third kappa shape index (κ3) is 5.41. The van der Waals surface area contributed by atoms with Crippen LogP contribution in [0.25, 0.3) is 0 Å². The zero-order valence-corrected chi connectivity index (χ0v) is 15.6. The fourth-order valence-corrected chi connectivity index (χ4v) is 3.18. The topological polar surface area (TPSA) is 72.5 Å². The molecule has 0 heterocycles. The number of rotatable bonds is 7. The maximum absolute atomic E-state index is 12.3. The fourth-order valence-electron chi connectivity index (χ4n) is 3.05. The van der Waals surface area contributed by atoms with Gasteiger partial charge in [0.25, 0.3) is 5.91 Å². The molecule has 3 rings (SSSR count). The number of carbonyl (C=O) groups is 3. The zero-order chi connectivity index (χ0) is 19.2. The van der Waals surface area contributed by atoms with Gasteiger partial charge in [0.15, 0.2) is 12.4 Å². The number of hydrogen-bond acceptors (Lipinski definition) is 4. The van der Waals surface area contributed by atoms with Gasteiger partial charge in [-0.2, -0.15) is 0 Å². The van der Waals surface area contributed by atoms with Gasteiger partial charge in [-0.3, -0.25) is 14.4 Å². The van der Waals surface area contributed by atoms with Crippen molar-refractivity contribution in [3.8, 4) is 0 Å². The van der Waals surface area contributed by atoms with Gasteiger partial charge < -0.3 is 10.1 Å². The Morgan fingerprint density at radius 1 is 0.963 bits per heavy atom. The number of carbonyl (C=O) groups excluding carboxylic acids is 3. The Kier molecular flexibility index (Phi) is 6.24. The lowest BCUT2D eigenvalue weighted by molar-refractivity contribution is -0.147. The van der Waals surface area contributed by atoms with E-state index < -0.39 is 18.5 Å². The molecule has 0 aromatic heterocycles. The molecule has 0 fully saturated rings. The van der Waals surface area contributed by atoms with Gasteiger partial charge in [-0.1, -0.05) is 23.7 Å². The van der Waals surface area contributed by atoms with E-state index in [1.165, 1.54) is 11.1 Å². The van der Waals surface area contributed by atoms with Crippen LogP contribution in [-0.4, -0.2) is 24.3 Å². The Morgan fingerprint density at radius 3 is 2.48 bits per heavy atom. The van der Waals surface area contributed by atoms with Crippen LogP contribution in [0.1, 0.15) is 40.7 Å². The van der Waals surface area contributed by atoms with E-state index in [0.717, 1.165) is 19.3 Å². The van der Waals surface area contributed by atoms with E-state index in [0.29, 0.717) is 16.3 Å². The summed E-state index contributed by atoms with van der Waals surface area (Å²) >= 11 is 5.77. The number of ether oxygens (including phenoxy) is 1. The molecule has 0 radical (unpaired) electrons. The number of ketones is 1. The van der Waals surface area contributed by atoms with E-state index in [9.17, 15) is 14.4 Å². The average molecular weight is 386 g/mol. The largest absolute Gasteiger partial charge is 0.456 e. The summed E-state index contributed by atoms with van der Waals surface area (Å²) in [5.74, 6) is -1.11. The van der Waals surface area contributed by atoms with E-state index in [4.69, 9.17) is 16.3 Å². The van der Waals surface area contributed by atoms with Crippen molar-refractivity contribution in [1.29, 1.82) is 0 Å². The molecule has 2 aromatic carbocycles. The van der Waals surface area contributed by atoms with Crippen LogP contribution in [0.15, 0.2) is 42.5 Å². The van der Waals surface area contributed by atoms with Gasteiger partial charge in [0.05, 0.1) is 6.42 Å². The average Bonchev–Trinajstić information content (AvgIpc) is 3.14. The maximum Gasteiger partial charge on any atom is 0.306 e. The second-order valence-corrected chi connectivity index (χ2v) is 6.91. The van der Waals surface area contributed by atoms with E-state index >= 15 is 0 Å². The lowest BCUT2D eigenvalue weighted by Gasteiger charge is -2.07. The predicted molar refractivity (Wildman–Crippen MR) is 103 cm³/mol. The standard InChI is InChI=1S/C21H20ClNO4/c22-17-6-8-18(9-7-17)23-20(25)13-27-21(26)11-10-19(24)16-5-4-14-2-1-3-15(14)12-16/h4-9,12H,1-3,10-11,13H2,(H,23,25). The minimum Gasteiger partial charge on any atom is -0.456 e. The first-order valence-electron chi connectivity index (χ1n) is 8.87. The number of esters is 1. The van der Waals surface area contributed by atoms with Crippen molar-refractivity contribution in [2.45, 2.75) is 32.1 Å². The summed E-state index contributed by atoms with van der Waals surface area (Å²) in [6, 6.07) is 12.3. The molecule has 2 aromatic rings. The number of aryl methyl sites for hydroxylation is 2. The van der Waals surface area contributed by atoms with Crippen LogP contribution in [0.2, 0.25) is 5.02 Å². The first-order chi connectivity index (χ1) is 13.0. The lowest BCUT2D eigenvalue weighted by Crippen LogP contribution is -2.21. The van der Waals surface area contributed by atoms with Gasteiger partial charge in [-0.05, 0) is 60.7 Å². The molecule has 27 heavy (non-hydrogen) atoms. The number of halogens is 1. The summed E-state index contributed by atoms with van der Waals surface area (Å²) in [5, 5.41) is 3.16. The van der Waals surface area contributed by atoms with Crippen molar-refractivity contribution in [3.05, 3.63) is 64.2 Å². The number of amides is 1. The summed E-state index contributed by atoms with van der Waals surface area (Å²) < 4.78 is 4.93. The van der Waals surface area contributed by atoms with Gasteiger partial charge in [-0.25, -0.2) is 0 Å². The summed E-state index contributed by atoms with van der Waals surface area (Å²) in [7, 11) is 0. The number of hydrogen-bond donors (Lipinski definition) is 1. The molecule has 0 spiro atoms. The minimum atomic E-state index is -0.573. The Balaban J connectivity index is 1.40. The number of benzene rings is 2. The third-order valence-corrected chi connectivity index (χ3v) is 4.72. The quantitative estimate of drug-likeness (QED) is 0.578. The zero-order valence-electron chi connectivity index (χ0n) is 14.8. The summed E-state index contributed by atoms with van der Waals surface area (Å²) in [6.07, 6.45) is 3.20. The second-order valence-electron chi connectivity index (χ2n) is 6.48. The maximum atomic E-state index is 12.3. The van der Waals surface area contributed by atoms with Crippen LogP contribution in [0.5, 0.6) is 0 Å². The van der Waals surface area contributed by atoms with Gasteiger partial charge >= 0.3 is 5.97 Å². The highest BCUT2D eigenvalue weighted by atomic mass is 35.5. The smallest absolute Gasteiger partial charge is 0.306 e. The van der Waals surface area contributed by atoms with Crippen LogP contribution in [0.4, 0.5) is 5.69 Å². The molecule has 0 aliphatic heterocycles. The molecule has 0 unspecified atom stereocenters. The second kappa shape index (κ2) is 8.82. The van der Waals surface area contributed by atoms with Gasteiger partial charge in [0.1, 0.15) is 0 Å². The molecule has 0 atom stereocenters. The Morgan fingerprint density at radius 2 is 1.70 bits per heavy atom. The molecular weight excluding hydrogens is 366 g/mol. The van der Waals surface area contributed by atoms with Crippen molar-refractivity contribution in [2.75, 3.05) is 11.9 Å². The number of fused-ring (bicyclic) bond motifs is 1. The number of nitrogens with one attached hydrogen (secondary N) is 1. The Hall–Kier alpha value is -2.66. The van der Waals surface area contributed by atoms with Crippen molar-refractivity contribution in [1.82, 2.24) is 0 Å². The number of anilines is 1. The van der Waals surface area contributed by atoms with Crippen LogP contribution in [0.3, 0.4) is 0 Å². The van der Waals surface area contributed by atoms with E-state index in [-0.39, 0.29) is 18.6 Å². The molecule has 5 nitrogen and oxygen atoms in total. The molecule has 140 valence electrons. The highest BCUT2D eigenvalue weighted by molar-refractivity contribution is 6.30. The first kappa shape index (κ1) is 19.1. The lowest BCUT2D eigenvalue weighted by atomic mass is 10.0. The van der Waals surface area contributed by atoms with Crippen molar-refractivity contribution >= 4 is 34.9 Å². The molecule has 0 saturated heterocycles. The molecule has 1 aliphatic carbocycles. The van der Waals surface area contributed by atoms with E-state index in [1.807, 2.05) is 18.2 Å². The van der Waals surface area contributed by atoms with Gasteiger partial charge in [0, 0.05) is 22.7 Å².